The average Bonchev–Trinajstić information content (AvgIpc) is 3.13. The molecule has 0 aliphatic carbocycles. The summed E-state index contributed by atoms with van der Waals surface area (Å²) in [6.45, 7) is 6.62. The molecule has 0 amide bonds. The molecule has 0 radical (unpaired) electrons. The van der Waals surface area contributed by atoms with Crippen LogP contribution in [0.1, 0.15) is 31.7 Å². The van der Waals surface area contributed by atoms with E-state index in [1.807, 2.05) is 0 Å². The summed E-state index contributed by atoms with van der Waals surface area (Å²) in [6, 6.07) is 10.7. The van der Waals surface area contributed by atoms with Crippen LogP contribution in [-0.2, 0) is 4.74 Å². The third kappa shape index (κ3) is 5.21. The molecule has 1 aromatic rings. The topological polar surface area (TPSA) is 36.9 Å². The summed E-state index contributed by atoms with van der Waals surface area (Å²) in [5.41, 5.74) is 2.78. The Morgan fingerprint density at radius 3 is 2.79 bits per heavy atom. The molecule has 5 heteroatoms. The van der Waals surface area contributed by atoms with E-state index in [2.05, 4.69) is 53.5 Å². The average molecular weight is 441 g/mol. The van der Waals surface area contributed by atoms with E-state index in [1.165, 1.54) is 17.6 Å². The number of benzene rings is 1. The Bertz CT molecular complexity index is 553. The maximum Gasteiger partial charge on any atom is 0.194 e. The Labute approximate surface area is 162 Å². The fourth-order valence-electron chi connectivity index (χ4n) is 3.18. The first-order valence-electron chi connectivity index (χ1n) is 8.76. The van der Waals surface area contributed by atoms with Crippen molar-refractivity contribution in [2.75, 3.05) is 32.8 Å². The van der Waals surface area contributed by atoms with Crippen molar-refractivity contribution in [2.45, 2.75) is 32.3 Å². The van der Waals surface area contributed by atoms with E-state index in [9.17, 15) is 0 Å². The van der Waals surface area contributed by atoms with Gasteiger partial charge in [0.2, 0.25) is 0 Å². The van der Waals surface area contributed by atoms with E-state index in [0.717, 1.165) is 51.6 Å². The first-order valence-corrected chi connectivity index (χ1v) is 8.76. The van der Waals surface area contributed by atoms with E-state index < -0.39 is 0 Å². The highest BCUT2D eigenvalue weighted by Gasteiger charge is 2.18. The zero-order chi connectivity index (χ0) is 15.9. The molecule has 1 atom stereocenters. The molecule has 1 saturated heterocycles. The summed E-state index contributed by atoms with van der Waals surface area (Å²) in [7, 11) is 0. The highest BCUT2D eigenvalue weighted by atomic mass is 127. The quantitative estimate of drug-likeness (QED) is 0.441. The minimum absolute atomic E-state index is 0. The predicted octanol–water partition coefficient (Wildman–Crippen LogP) is 3.54. The maximum atomic E-state index is 5.68. The predicted molar refractivity (Wildman–Crippen MR) is 111 cm³/mol. The van der Waals surface area contributed by atoms with E-state index in [4.69, 9.17) is 9.73 Å². The van der Waals surface area contributed by atoms with Crippen molar-refractivity contribution in [1.82, 2.24) is 10.2 Å². The lowest BCUT2D eigenvalue weighted by Crippen LogP contribution is -2.43. The lowest BCUT2D eigenvalue weighted by atomic mass is 10.00. The molecule has 0 bridgehead atoms. The van der Waals surface area contributed by atoms with Gasteiger partial charge in [-0.2, -0.15) is 0 Å². The van der Waals surface area contributed by atoms with Crippen LogP contribution in [0.25, 0.3) is 5.57 Å². The minimum Gasteiger partial charge on any atom is -0.376 e. The summed E-state index contributed by atoms with van der Waals surface area (Å²) < 4.78 is 5.68. The zero-order valence-electron chi connectivity index (χ0n) is 14.4. The molecule has 2 aliphatic rings. The Morgan fingerprint density at radius 1 is 1.33 bits per heavy atom. The normalized spacial score (nSPS) is 21.2. The molecular formula is C19H28IN3O. The van der Waals surface area contributed by atoms with Crippen LogP contribution in [0.4, 0.5) is 0 Å². The SMILES string of the molecule is CCNC(=NCC1CCCO1)N1CC=C(c2ccccc2)CC1.I. The van der Waals surface area contributed by atoms with Crippen LogP contribution in [-0.4, -0.2) is 49.7 Å². The Kier molecular flexibility index (Phi) is 8.05. The van der Waals surface area contributed by atoms with Crippen LogP contribution in [0, 0.1) is 0 Å². The van der Waals surface area contributed by atoms with Crippen LogP contribution in [0.15, 0.2) is 41.4 Å². The molecule has 1 unspecified atom stereocenters. The molecule has 0 aromatic heterocycles. The third-order valence-corrected chi connectivity index (χ3v) is 4.46. The van der Waals surface area contributed by atoms with Gasteiger partial charge in [-0.3, -0.25) is 4.99 Å². The van der Waals surface area contributed by atoms with Crippen LogP contribution in [0.2, 0.25) is 0 Å². The lowest BCUT2D eigenvalue weighted by molar-refractivity contribution is 0.117. The van der Waals surface area contributed by atoms with Gasteiger partial charge in [0, 0.05) is 26.2 Å². The summed E-state index contributed by atoms with van der Waals surface area (Å²) in [6.07, 6.45) is 6.01. The number of hydrogen-bond acceptors (Lipinski definition) is 2. The van der Waals surface area contributed by atoms with Crippen molar-refractivity contribution in [3.8, 4) is 0 Å². The Balaban J connectivity index is 0.00000208. The van der Waals surface area contributed by atoms with Gasteiger partial charge in [-0.1, -0.05) is 36.4 Å². The molecule has 1 fully saturated rings. The first-order chi connectivity index (χ1) is 11.4. The van der Waals surface area contributed by atoms with Crippen LogP contribution < -0.4 is 5.32 Å². The van der Waals surface area contributed by atoms with Crippen molar-refractivity contribution in [1.29, 1.82) is 0 Å². The van der Waals surface area contributed by atoms with Gasteiger partial charge in [0.15, 0.2) is 5.96 Å². The van der Waals surface area contributed by atoms with Gasteiger partial charge in [0.1, 0.15) is 0 Å². The second kappa shape index (κ2) is 10.0. The number of nitrogens with zero attached hydrogens (tertiary/aromatic N) is 2. The Hall–Kier alpha value is -1.08. The van der Waals surface area contributed by atoms with E-state index >= 15 is 0 Å². The molecule has 1 N–H and O–H groups in total. The number of halogens is 1. The van der Waals surface area contributed by atoms with E-state index in [-0.39, 0.29) is 24.0 Å². The number of ether oxygens (including phenoxy) is 1. The second-order valence-corrected chi connectivity index (χ2v) is 6.12. The van der Waals surface area contributed by atoms with Gasteiger partial charge in [-0.15, -0.1) is 24.0 Å². The molecule has 132 valence electrons. The van der Waals surface area contributed by atoms with Gasteiger partial charge < -0.3 is 15.0 Å². The molecule has 2 aliphatic heterocycles. The molecule has 3 rings (SSSR count). The second-order valence-electron chi connectivity index (χ2n) is 6.12. The fourth-order valence-corrected chi connectivity index (χ4v) is 3.18. The number of guanidine groups is 1. The van der Waals surface area contributed by atoms with Crippen molar-refractivity contribution in [2.24, 2.45) is 4.99 Å². The number of aliphatic imine (C=N–C) groups is 1. The zero-order valence-corrected chi connectivity index (χ0v) is 16.7. The molecule has 1 aromatic carbocycles. The van der Waals surface area contributed by atoms with Gasteiger partial charge in [0.05, 0.1) is 12.6 Å². The summed E-state index contributed by atoms with van der Waals surface area (Å²) >= 11 is 0. The van der Waals surface area contributed by atoms with Crippen LogP contribution in [0.3, 0.4) is 0 Å². The smallest absolute Gasteiger partial charge is 0.194 e. The van der Waals surface area contributed by atoms with Crippen LogP contribution >= 0.6 is 24.0 Å². The van der Waals surface area contributed by atoms with Crippen molar-refractivity contribution < 1.29 is 4.74 Å². The molecule has 2 heterocycles. The summed E-state index contributed by atoms with van der Waals surface area (Å²) in [5, 5.41) is 3.42. The van der Waals surface area contributed by atoms with Gasteiger partial charge in [-0.25, -0.2) is 0 Å². The number of hydrogen-bond donors (Lipinski definition) is 1. The van der Waals surface area contributed by atoms with Crippen molar-refractivity contribution >= 4 is 35.5 Å². The summed E-state index contributed by atoms with van der Waals surface area (Å²) in [4.78, 5) is 7.13. The fraction of sp³-hybridized carbons (Fsp3) is 0.526. The maximum absolute atomic E-state index is 5.68. The monoisotopic (exact) mass is 441 g/mol. The van der Waals surface area contributed by atoms with Crippen molar-refractivity contribution in [3.05, 3.63) is 42.0 Å². The van der Waals surface area contributed by atoms with Gasteiger partial charge in [-0.05, 0) is 37.3 Å². The number of rotatable bonds is 4. The standard InChI is InChI=1S/C19H27N3O.HI/c1-2-20-19(21-15-18-9-6-14-23-18)22-12-10-17(11-13-22)16-7-4-3-5-8-16;/h3-5,7-8,10,18H,2,6,9,11-15H2,1H3,(H,20,21);1H. The molecule has 4 nitrogen and oxygen atoms in total. The van der Waals surface area contributed by atoms with E-state index in [1.54, 1.807) is 0 Å². The van der Waals surface area contributed by atoms with E-state index in [0.29, 0.717) is 6.10 Å². The minimum atomic E-state index is 0. The molecule has 24 heavy (non-hydrogen) atoms. The molecular weight excluding hydrogens is 413 g/mol. The molecule has 0 saturated carbocycles. The third-order valence-electron chi connectivity index (χ3n) is 4.46. The highest BCUT2D eigenvalue weighted by Crippen LogP contribution is 2.22. The first kappa shape index (κ1) is 19.2. The lowest BCUT2D eigenvalue weighted by Gasteiger charge is -2.30. The summed E-state index contributed by atoms with van der Waals surface area (Å²) in [5.74, 6) is 1.02. The van der Waals surface area contributed by atoms with Gasteiger partial charge >= 0.3 is 0 Å². The van der Waals surface area contributed by atoms with Crippen LogP contribution in [0.5, 0.6) is 0 Å². The number of nitrogens with one attached hydrogen (secondary N) is 1. The molecule has 0 spiro atoms. The largest absolute Gasteiger partial charge is 0.376 e. The highest BCUT2D eigenvalue weighted by molar-refractivity contribution is 14.0. The van der Waals surface area contributed by atoms with Gasteiger partial charge in [0.25, 0.3) is 0 Å². The van der Waals surface area contributed by atoms with Crippen molar-refractivity contribution in [3.63, 3.8) is 0 Å². The Morgan fingerprint density at radius 2 is 2.17 bits per heavy atom.